The third-order valence-corrected chi connectivity index (χ3v) is 6.35. The van der Waals surface area contributed by atoms with Crippen LogP contribution in [0.4, 0.5) is 0 Å². The van der Waals surface area contributed by atoms with E-state index in [0.29, 0.717) is 17.2 Å². The molecule has 0 saturated heterocycles. The van der Waals surface area contributed by atoms with E-state index in [0.717, 1.165) is 28.4 Å². The Bertz CT molecular complexity index is 720. The number of hydrogen-bond donors (Lipinski definition) is 1. The minimum atomic E-state index is -0.263. The van der Waals surface area contributed by atoms with Gasteiger partial charge >= 0.3 is 0 Å². The Hall–Kier alpha value is -1.41. The summed E-state index contributed by atoms with van der Waals surface area (Å²) in [7, 11) is 0. The number of rotatable bonds is 5. The average Bonchev–Trinajstić information content (AvgIpc) is 3.05. The van der Waals surface area contributed by atoms with E-state index in [4.69, 9.17) is 4.42 Å². The van der Waals surface area contributed by atoms with Crippen LogP contribution in [-0.2, 0) is 4.79 Å². The first kappa shape index (κ1) is 18.4. The standard InChI is InChI=1S/C17H24N4O2S2/c1-10-14(25-12(3)18-10)16-20-21-17(23-16)24-11(2)15(22)19-13-8-6-4-5-7-9-13/h11,13H,4-9H2,1-3H3,(H,19,22)/t11-/m0/s1. The van der Waals surface area contributed by atoms with Gasteiger partial charge in [0.2, 0.25) is 5.91 Å². The largest absolute Gasteiger partial charge is 0.410 e. The van der Waals surface area contributed by atoms with E-state index in [1.54, 1.807) is 0 Å². The van der Waals surface area contributed by atoms with Crippen molar-refractivity contribution >= 4 is 29.0 Å². The van der Waals surface area contributed by atoms with Crippen LogP contribution in [0.1, 0.15) is 56.2 Å². The second-order valence-corrected chi connectivity index (χ2v) is 8.97. The molecule has 1 amide bonds. The highest BCUT2D eigenvalue weighted by Gasteiger charge is 2.22. The fraction of sp³-hybridized carbons (Fsp3) is 0.647. The first-order valence-corrected chi connectivity index (χ1v) is 10.5. The highest BCUT2D eigenvalue weighted by atomic mass is 32.2. The van der Waals surface area contributed by atoms with Gasteiger partial charge in [0.25, 0.3) is 11.1 Å². The highest BCUT2D eigenvalue weighted by Crippen LogP contribution is 2.31. The predicted molar refractivity (Wildman–Crippen MR) is 99.8 cm³/mol. The van der Waals surface area contributed by atoms with Crippen molar-refractivity contribution in [3.8, 4) is 10.8 Å². The lowest BCUT2D eigenvalue weighted by atomic mass is 10.1. The van der Waals surface area contributed by atoms with Crippen LogP contribution in [0.15, 0.2) is 9.64 Å². The molecule has 1 saturated carbocycles. The Morgan fingerprint density at radius 1 is 1.24 bits per heavy atom. The van der Waals surface area contributed by atoms with E-state index in [-0.39, 0.29) is 11.2 Å². The maximum absolute atomic E-state index is 12.4. The van der Waals surface area contributed by atoms with Gasteiger partial charge in [-0.05, 0) is 33.6 Å². The molecule has 0 unspecified atom stereocenters. The Balaban J connectivity index is 1.58. The van der Waals surface area contributed by atoms with Crippen LogP contribution in [-0.4, -0.2) is 32.4 Å². The SMILES string of the molecule is Cc1nc(C)c(-c2nnc(S[C@@H](C)C(=O)NC3CCCCCC3)o2)s1. The van der Waals surface area contributed by atoms with E-state index >= 15 is 0 Å². The van der Waals surface area contributed by atoms with Crippen molar-refractivity contribution in [1.29, 1.82) is 0 Å². The summed E-state index contributed by atoms with van der Waals surface area (Å²) in [5.41, 5.74) is 0.891. The Morgan fingerprint density at radius 2 is 1.96 bits per heavy atom. The average molecular weight is 381 g/mol. The van der Waals surface area contributed by atoms with Gasteiger partial charge in [-0.25, -0.2) is 4.98 Å². The van der Waals surface area contributed by atoms with Crippen molar-refractivity contribution in [1.82, 2.24) is 20.5 Å². The summed E-state index contributed by atoms with van der Waals surface area (Å²) in [6.45, 7) is 5.76. The van der Waals surface area contributed by atoms with Crippen molar-refractivity contribution in [3.63, 3.8) is 0 Å². The van der Waals surface area contributed by atoms with Crippen molar-refractivity contribution in [2.45, 2.75) is 75.8 Å². The van der Waals surface area contributed by atoms with Crippen molar-refractivity contribution in [2.75, 3.05) is 0 Å². The van der Waals surface area contributed by atoms with Gasteiger partial charge < -0.3 is 9.73 Å². The lowest BCUT2D eigenvalue weighted by Gasteiger charge is -2.18. The van der Waals surface area contributed by atoms with Crippen LogP contribution in [0.2, 0.25) is 0 Å². The van der Waals surface area contributed by atoms with E-state index in [2.05, 4.69) is 20.5 Å². The second-order valence-electron chi connectivity index (χ2n) is 6.48. The lowest BCUT2D eigenvalue weighted by molar-refractivity contribution is -0.121. The highest BCUT2D eigenvalue weighted by molar-refractivity contribution is 8.00. The molecule has 1 N–H and O–H groups in total. The van der Waals surface area contributed by atoms with E-state index in [1.807, 2.05) is 20.8 Å². The summed E-state index contributed by atoms with van der Waals surface area (Å²) in [6.07, 6.45) is 7.12. The number of carbonyl (C=O) groups excluding carboxylic acids is 1. The zero-order valence-electron chi connectivity index (χ0n) is 14.9. The van der Waals surface area contributed by atoms with Crippen molar-refractivity contribution in [2.24, 2.45) is 0 Å². The lowest BCUT2D eigenvalue weighted by Crippen LogP contribution is -2.39. The summed E-state index contributed by atoms with van der Waals surface area (Å²) < 4.78 is 5.73. The van der Waals surface area contributed by atoms with Gasteiger partial charge in [-0.1, -0.05) is 37.4 Å². The number of aryl methyl sites for hydroxylation is 2. The molecule has 6 nitrogen and oxygen atoms in total. The summed E-state index contributed by atoms with van der Waals surface area (Å²) in [5.74, 6) is 0.517. The fourth-order valence-corrected chi connectivity index (χ4v) is 4.56. The molecule has 2 aromatic heterocycles. The molecular formula is C17H24N4O2S2. The summed E-state index contributed by atoms with van der Waals surface area (Å²) in [6, 6.07) is 0.305. The molecule has 1 aliphatic rings. The number of nitrogens with one attached hydrogen (secondary N) is 1. The molecule has 0 bridgehead atoms. The Labute approximate surface area is 156 Å². The molecule has 0 aliphatic heterocycles. The number of thioether (sulfide) groups is 1. The maximum atomic E-state index is 12.4. The molecule has 1 aliphatic carbocycles. The summed E-state index contributed by atoms with van der Waals surface area (Å²) >= 11 is 2.84. The maximum Gasteiger partial charge on any atom is 0.277 e. The first-order valence-electron chi connectivity index (χ1n) is 8.78. The molecule has 0 radical (unpaired) electrons. The predicted octanol–water partition coefficient (Wildman–Crippen LogP) is 4.13. The Morgan fingerprint density at radius 3 is 2.60 bits per heavy atom. The molecule has 2 heterocycles. The molecule has 1 fully saturated rings. The molecule has 25 heavy (non-hydrogen) atoms. The zero-order valence-corrected chi connectivity index (χ0v) is 16.5. The molecule has 136 valence electrons. The molecule has 1 atom stereocenters. The van der Waals surface area contributed by atoms with Crippen LogP contribution in [0.3, 0.4) is 0 Å². The first-order chi connectivity index (χ1) is 12.0. The molecule has 0 spiro atoms. The third-order valence-electron chi connectivity index (χ3n) is 4.35. The molecule has 0 aromatic carbocycles. The van der Waals surface area contributed by atoms with Gasteiger partial charge in [0, 0.05) is 6.04 Å². The third kappa shape index (κ3) is 4.82. The topological polar surface area (TPSA) is 80.9 Å². The van der Waals surface area contributed by atoms with Crippen LogP contribution < -0.4 is 5.32 Å². The summed E-state index contributed by atoms with van der Waals surface area (Å²) in [5, 5.41) is 12.5. The molecule has 8 heteroatoms. The minimum absolute atomic E-state index is 0.0430. The molecule has 3 rings (SSSR count). The number of aromatic nitrogens is 3. The Kier molecular flexibility index (Phi) is 6.11. The number of carbonyl (C=O) groups is 1. The quantitative estimate of drug-likeness (QED) is 0.620. The van der Waals surface area contributed by atoms with Gasteiger partial charge in [0.05, 0.1) is 16.0 Å². The van der Waals surface area contributed by atoms with E-state index in [9.17, 15) is 4.79 Å². The van der Waals surface area contributed by atoms with Crippen molar-refractivity contribution in [3.05, 3.63) is 10.7 Å². The molecular weight excluding hydrogens is 356 g/mol. The number of nitrogens with zero attached hydrogens (tertiary/aromatic N) is 3. The molecule has 2 aromatic rings. The number of thiazole rings is 1. The van der Waals surface area contributed by atoms with Gasteiger partial charge in [0.15, 0.2) is 0 Å². The second kappa shape index (κ2) is 8.31. The van der Waals surface area contributed by atoms with Crippen LogP contribution in [0, 0.1) is 13.8 Å². The van der Waals surface area contributed by atoms with Gasteiger partial charge in [-0.15, -0.1) is 21.5 Å². The normalized spacial score (nSPS) is 17.2. The fourth-order valence-electron chi connectivity index (χ4n) is 3.03. The summed E-state index contributed by atoms with van der Waals surface area (Å²) in [4.78, 5) is 17.7. The van der Waals surface area contributed by atoms with E-state index in [1.165, 1.54) is 48.8 Å². The number of amides is 1. The van der Waals surface area contributed by atoms with Crippen LogP contribution in [0.25, 0.3) is 10.8 Å². The smallest absolute Gasteiger partial charge is 0.277 e. The number of hydrogen-bond acceptors (Lipinski definition) is 7. The zero-order chi connectivity index (χ0) is 17.8. The monoisotopic (exact) mass is 380 g/mol. The van der Waals surface area contributed by atoms with Crippen LogP contribution in [0.5, 0.6) is 0 Å². The van der Waals surface area contributed by atoms with Crippen molar-refractivity contribution < 1.29 is 9.21 Å². The minimum Gasteiger partial charge on any atom is -0.410 e. The van der Waals surface area contributed by atoms with Gasteiger partial charge in [0.1, 0.15) is 4.88 Å². The van der Waals surface area contributed by atoms with Gasteiger partial charge in [-0.3, -0.25) is 4.79 Å². The van der Waals surface area contributed by atoms with E-state index < -0.39 is 0 Å². The van der Waals surface area contributed by atoms with Gasteiger partial charge in [-0.2, -0.15) is 0 Å². The van der Waals surface area contributed by atoms with Crippen LogP contribution >= 0.6 is 23.1 Å².